The number of thiazole rings is 1. The van der Waals surface area contributed by atoms with E-state index in [4.69, 9.17) is 9.47 Å². The zero-order valence-electron chi connectivity index (χ0n) is 9.89. The highest BCUT2D eigenvalue weighted by molar-refractivity contribution is 7.98. The summed E-state index contributed by atoms with van der Waals surface area (Å²) < 4.78 is 10.8. The van der Waals surface area contributed by atoms with Gasteiger partial charge in [-0.25, -0.2) is 4.98 Å². The number of aromatic nitrogens is 1. The summed E-state index contributed by atoms with van der Waals surface area (Å²) in [6, 6.07) is 3.96. The second-order valence-electron chi connectivity index (χ2n) is 3.24. The molecule has 0 radical (unpaired) electrons. The summed E-state index contributed by atoms with van der Waals surface area (Å²) in [5.41, 5.74) is 0.970. The van der Waals surface area contributed by atoms with Gasteiger partial charge < -0.3 is 9.47 Å². The Morgan fingerprint density at radius 1 is 1.18 bits per heavy atom. The van der Waals surface area contributed by atoms with Crippen molar-refractivity contribution in [1.82, 2.24) is 4.98 Å². The maximum absolute atomic E-state index is 5.41. The van der Waals surface area contributed by atoms with Crippen LogP contribution in [-0.4, -0.2) is 25.5 Å². The van der Waals surface area contributed by atoms with Gasteiger partial charge in [-0.15, -0.1) is 23.1 Å². The molecule has 17 heavy (non-hydrogen) atoms. The molecule has 0 atom stereocenters. The lowest BCUT2D eigenvalue weighted by atomic mass is 10.2. The molecule has 1 aromatic carbocycles. The first kappa shape index (κ1) is 12.3. The van der Waals surface area contributed by atoms with Crippen LogP contribution in [0.15, 0.2) is 28.6 Å². The number of nitrogens with zero attached hydrogens (tertiary/aromatic N) is 1. The number of rotatable bonds is 4. The topological polar surface area (TPSA) is 31.4 Å². The Morgan fingerprint density at radius 2 is 1.94 bits per heavy atom. The second kappa shape index (κ2) is 5.42. The third kappa shape index (κ3) is 2.40. The largest absolute Gasteiger partial charge is 0.496 e. The lowest BCUT2D eigenvalue weighted by Crippen LogP contribution is -1.92. The van der Waals surface area contributed by atoms with Crippen LogP contribution in [0.2, 0.25) is 0 Å². The van der Waals surface area contributed by atoms with Gasteiger partial charge in [-0.1, -0.05) is 0 Å². The van der Waals surface area contributed by atoms with E-state index in [-0.39, 0.29) is 0 Å². The summed E-state index contributed by atoms with van der Waals surface area (Å²) in [7, 11) is 3.34. The molecule has 0 bridgehead atoms. The highest BCUT2D eigenvalue weighted by atomic mass is 32.2. The van der Waals surface area contributed by atoms with Gasteiger partial charge in [-0.05, 0) is 18.4 Å². The van der Waals surface area contributed by atoms with Gasteiger partial charge in [0.2, 0.25) is 0 Å². The molecule has 5 heteroatoms. The summed E-state index contributed by atoms with van der Waals surface area (Å²) in [4.78, 5) is 5.36. The van der Waals surface area contributed by atoms with Crippen LogP contribution in [0, 0.1) is 0 Å². The zero-order chi connectivity index (χ0) is 12.3. The van der Waals surface area contributed by atoms with Crippen molar-refractivity contribution in [3.05, 3.63) is 23.7 Å². The van der Waals surface area contributed by atoms with E-state index in [0.29, 0.717) is 0 Å². The van der Waals surface area contributed by atoms with Crippen molar-refractivity contribution < 1.29 is 9.47 Å². The zero-order valence-corrected chi connectivity index (χ0v) is 11.5. The Hall–Kier alpha value is -1.20. The highest BCUT2D eigenvalue weighted by Crippen LogP contribution is 2.40. The van der Waals surface area contributed by atoms with Crippen LogP contribution >= 0.6 is 23.1 Å². The Balaban J connectivity index is 2.58. The van der Waals surface area contributed by atoms with Crippen molar-refractivity contribution in [1.29, 1.82) is 0 Å². The van der Waals surface area contributed by atoms with Crippen LogP contribution < -0.4 is 9.47 Å². The average molecular weight is 267 g/mol. The molecule has 2 rings (SSSR count). The Labute approximate surface area is 109 Å². The van der Waals surface area contributed by atoms with E-state index in [1.807, 2.05) is 23.8 Å². The van der Waals surface area contributed by atoms with E-state index in [1.54, 1.807) is 43.5 Å². The molecule has 0 unspecified atom stereocenters. The molecule has 2 aromatic rings. The van der Waals surface area contributed by atoms with E-state index in [0.717, 1.165) is 27.0 Å². The van der Waals surface area contributed by atoms with Gasteiger partial charge >= 0.3 is 0 Å². The number of hydrogen-bond acceptors (Lipinski definition) is 5. The van der Waals surface area contributed by atoms with Gasteiger partial charge in [0.05, 0.1) is 24.7 Å². The maximum Gasteiger partial charge on any atom is 0.133 e. The SMILES string of the molecule is COc1cc(-c2nccs2)c(OC)cc1SC. The maximum atomic E-state index is 5.41. The lowest BCUT2D eigenvalue weighted by molar-refractivity contribution is 0.395. The number of thioether (sulfide) groups is 1. The van der Waals surface area contributed by atoms with Crippen LogP contribution in [0.3, 0.4) is 0 Å². The monoisotopic (exact) mass is 267 g/mol. The summed E-state index contributed by atoms with van der Waals surface area (Å²) in [6.45, 7) is 0. The predicted molar refractivity (Wildman–Crippen MR) is 72.4 cm³/mol. The first-order valence-electron chi connectivity index (χ1n) is 5.00. The average Bonchev–Trinajstić information content (AvgIpc) is 2.90. The molecule has 0 N–H and O–H groups in total. The molecule has 0 saturated heterocycles. The molecule has 3 nitrogen and oxygen atoms in total. The molecular weight excluding hydrogens is 254 g/mol. The molecule has 0 saturated carbocycles. The van der Waals surface area contributed by atoms with Crippen molar-refractivity contribution in [3.63, 3.8) is 0 Å². The third-order valence-corrected chi connectivity index (χ3v) is 3.93. The fourth-order valence-electron chi connectivity index (χ4n) is 1.55. The van der Waals surface area contributed by atoms with E-state index >= 15 is 0 Å². The van der Waals surface area contributed by atoms with E-state index in [2.05, 4.69) is 4.98 Å². The van der Waals surface area contributed by atoms with E-state index in [1.165, 1.54) is 0 Å². The minimum absolute atomic E-state index is 0.824. The van der Waals surface area contributed by atoms with Crippen molar-refractivity contribution in [2.24, 2.45) is 0 Å². The fraction of sp³-hybridized carbons (Fsp3) is 0.250. The lowest BCUT2D eigenvalue weighted by Gasteiger charge is -2.12. The predicted octanol–water partition coefficient (Wildman–Crippen LogP) is 3.55. The first-order chi connectivity index (χ1) is 8.30. The molecule has 0 fully saturated rings. The number of ether oxygens (including phenoxy) is 2. The summed E-state index contributed by atoms with van der Waals surface area (Å²) >= 11 is 3.22. The Bertz CT molecular complexity index is 497. The summed E-state index contributed by atoms with van der Waals surface area (Å²) in [6.07, 6.45) is 3.80. The summed E-state index contributed by atoms with van der Waals surface area (Å²) in [5.74, 6) is 1.67. The molecule has 90 valence electrons. The molecular formula is C12H13NO2S2. The quantitative estimate of drug-likeness (QED) is 0.793. The van der Waals surface area contributed by atoms with Crippen LogP contribution in [0.4, 0.5) is 0 Å². The molecule has 1 heterocycles. The smallest absolute Gasteiger partial charge is 0.133 e. The number of benzene rings is 1. The van der Waals surface area contributed by atoms with Crippen LogP contribution in [0.25, 0.3) is 10.6 Å². The standard InChI is InChI=1S/C12H13NO2S2/c1-14-9-7-11(16-3)10(15-2)6-8(9)12-13-4-5-17-12/h4-7H,1-3H3. The molecule has 0 spiro atoms. The molecule has 0 aliphatic carbocycles. The molecule has 0 aliphatic rings. The van der Waals surface area contributed by atoms with Gasteiger partial charge in [-0.2, -0.15) is 0 Å². The number of hydrogen-bond donors (Lipinski definition) is 0. The van der Waals surface area contributed by atoms with E-state index in [9.17, 15) is 0 Å². The third-order valence-electron chi connectivity index (χ3n) is 2.37. The minimum Gasteiger partial charge on any atom is -0.496 e. The second-order valence-corrected chi connectivity index (χ2v) is 4.99. The number of methoxy groups -OCH3 is 2. The normalized spacial score (nSPS) is 10.3. The fourth-order valence-corrected chi connectivity index (χ4v) is 2.78. The molecule has 0 amide bonds. The first-order valence-corrected chi connectivity index (χ1v) is 7.10. The Kier molecular flexibility index (Phi) is 3.91. The van der Waals surface area contributed by atoms with Crippen molar-refractivity contribution in [2.75, 3.05) is 20.5 Å². The van der Waals surface area contributed by atoms with Crippen LogP contribution in [0.1, 0.15) is 0 Å². The highest BCUT2D eigenvalue weighted by Gasteiger charge is 2.13. The molecule has 0 aliphatic heterocycles. The van der Waals surface area contributed by atoms with Gasteiger partial charge in [0.25, 0.3) is 0 Å². The van der Waals surface area contributed by atoms with Crippen LogP contribution in [-0.2, 0) is 0 Å². The van der Waals surface area contributed by atoms with Crippen molar-refractivity contribution >= 4 is 23.1 Å². The Morgan fingerprint density at radius 3 is 2.47 bits per heavy atom. The van der Waals surface area contributed by atoms with Gasteiger partial charge in [0, 0.05) is 11.6 Å². The van der Waals surface area contributed by atoms with Gasteiger partial charge in [0.1, 0.15) is 16.5 Å². The van der Waals surface area contributed by atoms with Crippen LogP contribution in [0.5, 0.6) is 11.5 Å². The minimum atomic E-state index is 0.824. The molecule has 1 aromatic heterocycles. The van der Waals surface area contributed by atoms with E-state index < -0.39 is 0 Å². The van der Waals surface area contributed by atoms with Gasteiger partial charge in [0.15, 0.2) is 0 Å². The summed E-state index contributed by atoms with van der Waals surface area (Å²) in [5, 5.41) is 2.89. The van der Waals surface area contributed by atoms with Gasteiger partial charge in [-0.3, -0.25) is 0 Å². The van der Waals surface area contributed by atoms with Crippen molar-refractivity contribution in [2.45, 2.75) is 4.90 Å². The van der Waals surface area contributed by atoms with Crippen molar-refractivity contribution in [3.8, 4) is 22.1 Å².